The largest absolute Gasteiger partial charge is 0.353 e. The number of anilines is 1. The number of hydrogen-bond acceptors (Lipinski definition) is 6. The molecule has 0 aliphatic carbocycles. The Hall–Kier alpha value is -2.38. The second-order valence-electron chi connectivity index (χ2n) is 7.25. The molecule has 7 heteroatoms. The number of benzene rings is 1. The van der Waals surface area contributed by atoms with Gasteiger partial charge in [-0.05, 0) is 19.1 Å². The highest BCUT2D eigenvalue weighted by Gasteiger charge is 2.21. The zero-order chi connectivity index (χ0) is 20.8. The normalized spacial score (nSPS) is 14.2. The van der Waals surface area contributed by atoms with E-state index in [0.29, 0.717) is 6.42 Å². The number of carbonyl (C=O) groups excluding carboxylic acids is 1. The molecule has 0 spiro atoms. The second kappa shape index (κ2) is 10.1. The van der Waals surface area contributed by atoms with Crippen LogP contribution in [0, 0.1) is 6.92 Å². The maximum absolute atomic E-state index is 12.6. The molecule has 5 nitrogen and oxygen atoms in total. The summed E-state index contributed by atoms with van der Waals surface area (Å²) in [5, 5.41) is 1.07. The fraction of sp³-hybridized carbons (Fsp3) is 0.348. The first-order valence-electron chi connectivity index (χ1n) is 10.2. The number of piperazine rings is 1. The summed E-state index contributed by atoms with van der Waals surface area (Å²) in [7, 11) is 0. The van der Waals surface area contributed by atoms with Crippen LogP contribution in [-0.2, 0) is 10.5 Å². The van der Waals surface area contributed by atoms with E-state index in [2.05, 4.69) is 28.9 Å². The van der Waals surface area contributed by atoms with Gasteiger partial charge in [0.15, 0.2) is 0 Å². The zero-order valence-electron chi connectivity index (χ0n) is 17.2. The summed E-state index contributed by atoms with van der Waals surface area (Å²) >= 11 is 3.58. The molecule has 0 radical (unpaired) electrons. The summed E-state index contributed by atoms with van der Waals surface area (Å²) in [4.78, 5) is 27.2. The fourth-order valence-electron chi connectivity index (χ4n) is 3.47. The van der Waals surface area contributed by atoms with Gasteiger partial charge in [-0.3, -0.25) is 4.79 Å². The van der Waals surface area contributed by atoms with Crippen molar-refractivity contribution in [1.29, 1.82) is 0 Å². The molecule has 1 aliphatic heterocycles. The van der Waals surface area contributed by atoms with Gasteiger partial charge in [0.2, 0.25) is 5.91 Å². The van der Waals surface area contributed by atoms with E-state index in [1.165, 1.54) is 10.4 Å². The number of nitrogens with zero attached hydrogens (tertiary/aromatic N) is 4. The third-order valence-corrected chi connectivity index (χ3v) is 7.59. The minimum atomic E-state index is 0.258. The summed E-state index contributed by atoms with van der Waals surface area (Å²) in [5.74, 6) is 3.01. The molecule has 1 aromatic carbocycles. The number of amides is 1. The number of pyridine rings is 1. The molecule has 3 heterocycles. The number of aryl methyl sites for hydroxylation is 1. The Kier molecular flexibility index (Phi) is 7.02. The number of hydrogen-bond donors (Lipinski definition) is 0. The van der Waals surface area contributed by atoms with E-state index in [9.17, 15) is 4.79 Å². The zero-order valence-corrected chi connectivity index (χ0v) is 18.8. The molecule has 30 heavy (non-hydrogen) atoms. The molecule has 0 bridgehead atoms. The van der Waals surface area contributed by atoms with E-state index >= 15 is 0 Å². The lowest BCUT2D eigenvalue weighted by Gasteiger charge is -2.35. The lowest BCUT2D eigenvalue weighted by molar-refractivity contribution is -0.131. The van der Waals surface area contributed by atoms with Crippen molar-refractivity contribution in [2.45, 2.75) is 19.1 Å². The highest BCUT2D eigenvalue weighted by Crippen LogP contribution is 2.30. The second-order valence-corrected chi connectivity index (χ2v) is 9.44. The Bertz CT molecular complexity index is 954. The van der Waals surface area contributed by atoms with Crippen LogP contribution in [-0.4, -0.2) is 52.7 Å². The van der Waals surface area contributed by atoms with Crippen LogP contribution in [0.15, 0.2) is 54.7 Å². The summed E-state index contributed by atoms with van der Waals surface area (Å²) in [6.45, 7) is 5.31. The monoisotopic (exact) mass is 438 g/mol. The van der Waals surface area contributed by atoms with Crippen molar-refractivity contribution in [1.82, 2.24) is 14.9 Å². The Morgan fingerprint density at radius 2 is 1.83 bits per heavy atom. The molecular weight excluding hydrogens is 412 g/mol. The van der Waals surface area contributed by atoms with Crippen LogP contribution >= 0.6 is 23.1 Å². The van der Waals surface area contributed by atoms with Crippen LogP contribution in [0.1, 0.15) is 17.0 Å². The van der Waals surface area contributed by atoms with Crippen LogP contribution < -0.4 is 4.90 Å². The third-order valence-electron chi connectivity index (χ3n) is 5.21. The highest BCUT2D eigenvalue weighted by atomic mass is 32.2. The fourth-order valence-corrected chi connectivity index (χ4v) is 5.68. The lowest BCUT2D eigenvalue weighted by Crippen LogP contribution is -2.49. The molecule has 3 aromatic rings. The van der Waals surface area contributed by atoms with Crippen LogP contribution in [0.5, 0.6) is 0 Å². The van der Waals surface area contributed by atoms with Gasteiger partial charge in [0.1, 0.15) is 10.8 Å². The Morgan fingerprint density at radius 3 is 2.57 bits per heavy atom. The van der Waals surface area contributed by atoms with Gasteiger partial charge in [-0.1, -0.05) is 36.4 Å². The van der Waals surface area contributed by atoms with Crippen molar-refractivity contribution in [3.63, 3.8) is 0 Å². The van der Waals surface area contributed by atoms with Gasteiger partial charge >= 0.3 is 0 Å². The lowest BCUT2D eigenvalue weighted by atomic mass is 10.2. The van der Waals surface area contributed by atoms with Crippen molar-refractivity contribution in [3.8, 4) is 10.6 Å². The smallest absolute Gasteiger partial charge is 0.223 e. The molecule has 2 aromatic heterocycles. The minimum Gasteiger partial charge on any atom is -0.353 e. The average Bonchev–Trinajstić information content (AvgIpc) is 3.18. The Labute approximate surface area is 186 Å². The van der Waals surface area contributed by atoms with Crippen molar-refractivity contribution >= 4 is 34.8 Å². The molecule has 0 unspecified atom stereocenters. The van der Waals surface area contributed by atoms with Gasteiger partial charge in [0, 0.05) is 60.7 Å². The van der Waals surface area contributed by atoms with Gasteiger partial charge in [-0.25, -0.2) is 9.97 Å². The molecule has 0 N–H and O–H groups in total. The van der Waals surface area contributed by atoms with Crippen molar-refractivity contribution in [2.75, 3.05) is 36.8 Å². The standard InChI is InChI=1S/C23H26N4OS2/c1-18-20(30-23(25-18)19-7-3-2-4-8-19)17-29-16-10-22(28)27-14-12-26(13-15-27)21-9-5-6-11-24-21/h2-9,11H,10,12-17H2,1H3. The first-order chi connectivity index (χ1) is 14.7. The van der Waals surface area contributed by atoms with Gasteiger partial charge in [-0.2, -0.15) is 11.8 Å². The van der Waals surface area contributed by atoms with Crippen molar-refractivity contribution in [3.05, 3.63) is 65.3 Å². The average molecular weight is 439 g/mol. The number of thiazole rings is 1. The maximum Gasteiger partial charge on any atom is 0.223 e. The Balaban J connectivity index is 1.20. The van der Waals surface area contributed by atoms with E-state index in [1.807, 2.05) is 59.3 Å². The van der Waals surface area contributed by atoms with Crippen molar-refractivity contribution in [2.24, 2.45) is 0 Å². The number of aromatic nitrogens is 2. The SMILES string of the molecule is Cc1nc(-c2ccccc2)sc1CSCCC(=O)N1CCN(c2ccccn2)CC1. The van der Waals surface area contributed by atoms with Crippen LogP contribution in [0.3, 0.4) is 0 Å². The highest BCUT2D eigenvalue weighted by molar-refractivity contribution is 7.98. The third kappa shape index (κ3) is 5.21. The molecule has 1 amide bonds. The van der Waals surface area contributed by atoms with E-state index in [1.54, 1.807) is 11.3 Å². The number of carbonyl (C=O) groups is 1. The number of rotatable bonds is 7. The van der Waals surface area contributed by atoms with E-state index in [4.69, 9.17) is 4.98 Å². The van der Waals surface area contributed by atoms with E-state index < -0.39 is 0 Å². The summed E-state index contributed by atoms with van der Waals surface area (Å²) in [6, 6.07) is 16.3. The van der Waals surface area contributed by atoms with Gasteiger partial charge in [0.05, 0.1) is 5.69 Å². The summed E-state index contributed by atoms with van der Waals surface area (Å²) < 4.78 is 0. The van der Waals surface area contributed by atoms with E-state index in [-0.39, 0.29) is 5.91 Å². The molecule has 4 rings (SSSR count). The molecule has 0 saturated carbocycles. The number of thioether (sulfide) groups is 1. The van der Waals surface area contributed by atoms with Gasteiger partial charge < -0.3 is 9.80 Å². The Morgan fingerprint density at radius 1 is 1.07 bits per heavy atom. The minimum absolute atomic E-state index is 0.258. The molecule has 0 atom stereocenters. The summed E-state index contributed by atoms with van der Waals surface area (Å²) in [5.41, 5.74) is 2.27. The van der Waals surface area contributed by atoms with Crippen molar-refractivity contribution < 1.29 is 4.79 Å². The molecule has 1 aliphatic rings. The quantitative estimate of drug-likeness (QED) is 0.509. The molecular formula is C23H26N4OS2. The van der Waals surface area contributed by atoms with Crippen LogP contribution in [0.2, 0.25) is 0 Å². The van der Waals surface area contributed by atoms with Gasteiger partial charge in [-0.15, -0.1) is 11.3 Å². The van der Waals surface area contributed by atoms with Crippen LogP contribution in [0.4, 0.5) is 5.82 Å². The topological polar surface area (TPSA) is 49.3 Å². The molecule has 1 fully saturated rings. The molecule has 1 saturated heterocycles. The van der Waals surface area contributed by atoms with Crippen LogP contribution in [0.25, 0.3) is 10.6 Å². The van der Waals surface area contributed by atoms with Gasteiger partial charge in [0.25, 0.3) is 0 Å². The first-order valence-corrected chi connectivity index (χ1v) is 12.2. The molecule has 156 valence electrons. The first kappa shape index (κ1) is 20.9. The predicted octanol–water partition coefficient (Wildman–Crippen LogP) is 4.49. The maximum atomic E-state index is 12.6. The predicted molar refractivity (Wildman–Crippen MR) is 126 cm³/mol. The van der Waals surface area contributed by atoms with E-state index in [0.717, 1.165) is 54.2 Å². The summed E-state index contributed by atoms with van der Waals surface area (Å²) in [6.07, 6.45) is 2.41.